The van der Waals surface area contributed by atoms with Crippen molar-refractivity contribution in [1.29, 1.82) is 0 Å². The van der Waals surface area contributed by atoms with Crippen molar-refractivity contribution in [3.63, 3.8) is 0 Å². The summed E-state index contributed by atoms with van der Waals surface area (Å²) in [5.74, 6) is 0.250. The third kappa shape index (κ3) is 4.33. The molecule has 0 radical (unpaired) electrons. The smallest absolute Gasteiger partial charge is 0.331 e. The van der Waals surface area contributed by atoms with Gasteiger partial charge in [0.05, 0.1) is 12.1 Å². The molecule has 4 rings (SSSR count). The SMILES string of the molecule is CC(C)OC(=O)[C@@](N)(CC(C)(C)C1CC1)c1ccc(-c2nn(C3CC3)nc2Br)cc1. The molecule has 0 amide bonds. The van der Waals surface area contributed by atoms with Crippen LogP contribution in [0.25, 0.3) is 11.3 Å². The Morgan fingerprint density at radius 3 is 2.37 bits per heavy atom. The summed E-state index contributed by atoms with van der Waals surface area (Å²) in [5.41, 5.74) is 8.13. The summed E-state index contributed by atoms with van der Waals surface area (Å²) in [6.45, 7) is 8.12. The molecule has 0 bridgehead atoms. The van der Waals surface area contributed by atoms with Crippen LogP contribution in [0.15, 0.2) is 28.9 Å². The second-order valence-electron chi connectivity index (χ2n) is 9.83. The number of halogens is 1. The molecule has 7 heteroatoms. The summed E-state index contributed by atoms with van der Waals surface area (Å²) in [7, 11) is 0. The van der Waals surface area contributed by atoms with Crippen LogP contribution in [0.3, 0.4) is 0 Å². The number of hydrogen-bond donors (Lipinski definition) is 1. The second kappa shape index (κ2) is 7.75. The molecule has 6 nitrogen and oxygen atoms in total. The molecule has 0 saturated heterocycles. The highest BCUT2D eigenvalue weighted by Gasteiger charge is 2.48. The Bertz CT molecular complexity index is 929. The van der Waals surface area contributed by atoms with Crippen LogP contribution in [-0.4, -0.2) is 27.1 Å². The Labute approximate surface area is 186 Å². The van der Waals surface area contributed by atoms with E-state index in [9.17, 15) is 4.79 Å². The van der Waals surface area contributed by atoms with E-state index in [1.54, 1.807) is 4.80 Å². The molecule has 2 aliphatic carbocycles. The molecular weight excluding hydrogens is 444 g/mol. The zero-order chi connectivity index (χ0) is 21.7. The number of nitrogens with two attached hydrogens (primary N) is 1. The minimum atomic E-state index is -1.18. The van der Waals surface area contributed by atoms with Gasteiger partial charge in [-0.1, -0.05) is 38.1 Å². The van der Waals surface area contributed by atoms with Crippen LogP contribution in [0.5, 0.6) is 0 Å². The van der Waals surface area contributed by atoms with Gasteiger partial charge in [-0.25, -0.2) is 4.79 Å². The average Bonchev–Trinajstić information content (AvgIpc) is 3.58. The summed E-state index contributed by atoms with van der Waals surface area (Å²) in [4.78, 5) is 14.9. The third-order valence-electron chi connectivity index (χ3n) is 6.26. The van der Waals surface area contributed by atoms with Crippen molar-refractivity contribution in [3.05, 3.63) is 34.4 Å². The molecule has 2 fully saturated rings. The van der Waals surface area contributed by atoms with Gasteiger partial charge >= 0.3 is 5.97 Å². The van der Waals surface area contributed by atoms with Gasteiger partial charge in [-0.15, -0.1) is 5.10 Å². The predicted molar refractivity (Wildman–Crippen MR) is 120 cm³/mol. The van der Waals surface area contributed by atoms with Crippen LogP contribution in [0.1, 0.15) is 71.4 Å². The van der Waals surface area contributed by atoms with E-state index in [2.05, 4.69) is 40.0 Å². The van der Waals surface area contributed by atoms with Gasteiger partial charge in [-0.3, -0.25) is 0 Å². The molecule has 1 atom stereocenters. The summed E-state index contributed by atoms with van der Waals surface area (Å²) in [6, 6.07) is 8.22. The van der Waals surface area contributed by atoms with E-state index < -0.39 is 5.54 Å². The van der Waals surface area contributed by atoms with Crippen molar-refractivity contribution in [2.75, 3.05) is 0 Å². The van der Waals surface area contributed by atoms with Gasteiger partial charge in [0, 0.05) is 5.56 Å². The second-order valence-corrected chi connectivity index (χ2v) is 10.6. The van der Waals surface area contributed by atoms with E-state index in [1.807, 2.05) is 38.1 Å². The van der Waals surface area contributed by atoms with E-state index in [0.717, 1.165) is 34.3 Å². The number of aromatic nitrogens is 3. The number of carbonyl (C=O) groups excluding carboxylic acids is 1. The van der Waals surface area contributed by atoms with E-state index in [4.69, 9.17) is 10.5 Å². The number of carbonyl (C=O) groups is 1. The fourth-order valence-corrected chi connectivity index (χ4v) is 4.68. The minimum absolute atomic E-state index is 0.0284. The maximum atomic E-state index is 13.1. The lowest BCUT2D eigenvalue weighted by molar-refractivity contribution is -0.156. The van der Waals surface area contributed by atoms with Crippen molar-refractivity contribution in [3.8, 4) is 11.3 Å². The highest BCUT2D eigenvalue weighted by Crippen LogP contribution is 2.50. The van der Waals surface area contributed by atoms with Gasteiger partial charge < -0.3 is 10.5 Å². The molecule has 2 aromatic rings. The maximum Gasteiger partial charge on any atom is 0.331 e. The Kier molecular flexibility index (Phi) is 5.56. The number of benzene rings is 1. The average molecular weight is 475 g/mol. The third-order valence-corrected chi connectivity index (χ3v) is 6.79. The topological polar surface area (TPSA) is 83.0 Å². The van der Waals surface area contributed by atoms with Gasteiger partial charge in [-0.05, 0) is 78.8 Å². The van der Waals surface area contributed by atoms with Crippen LogP contribution in [-0.2, 0) is 15.1 Å². The fraction of sp³-hybridized carbons (Fsp3) is 0.609. The van der Waals surface area contributed by atoms with Crippen LogP contribution < -0.4 is 5.73 Å². The molecule has 1 aromatic heterocycles. The Morgan fingerprint density at radius 1 is 1.20 bits per heavy atom. The molecule has 1 heterocycles. The molecule has 2 saturated carbocycles. The quantitative estimate of drug-likeness (QED) is 0.545. The van der Waals surface area contributed by atoms with Crippen LogP contribution in [0.2, 0.25) is 0 Å². The lowest BCUT2D eigenvalue weighted by Crippen LogP contribution is -2.50. The van der Waals surface area contributed by atoms with Crippen molar-refractivity contribution in [2.24, 2.45) is 17.1 Å². The van der Waals surface area contributed by atoms with Crippen molar-refractivity contribution in [1.82, 2.24) is 15.0 Å². The number of rotatable bonds is 8. The molecule has 0 unspecified atom stereocenters. The predicted octanol–water partition coefficient (Wildman–Crippen LogP) is 4.97. The molecule has 1 aromatic carbocycles. The van der Waals surface area contributed by atoms with Gasteiger partial charge in [-0.2, -0.15) is 9.90 Å². The number of esters is 1. The van der Waals surface area contributed by atoms with E-state index in [0.29, 0.717) is 18.4 Å². The molecule has 2 N–H and O–H groups in total. The molecule has 0 aliphatic heterocycles. The number of ether oxygens (including phenoxy) is 1. The highest BCUT2D eigenvalue weighted by atomic mass is 79.9. The van der Waals surface area contributed by atoms with Gasteiger partial charge in [0.1, 0.15) is 11.2 Å². The van der Waals surface area contributed by atoms with Crippen molar-refractivity contribution >= 4 is 21.9 Å². The normalized spacial score (nSPS) is 19.0. The largest absolute Gasteiger partial charge is 0.461 e. The van der Waals surface area contributed by atoms with Crippen molar-refractivity contribution in [2.45, 2.75) is 77.5 Å². The molecular formula is C23H31BrN4O2. The van der Waals surface area contributed by atoms with Crippen LogP contribution in [0.4, 0.5) is 0 Å². The van der Waals surface area contributed by atoms with Crippen LogP contribution >= 0.6 is 15.9 Å². The summed E-state index contributed by atoms with van der Waals surface area (Å²) >= 11 is 3.53. The standard InChI is InChI=1S/C23H31BrN4O2/c1-14(2)30-21(29)23(25,13-22(3,4)16-9-10-16)17-7-5-15(6-8-17)19-20(24)27-28(26-19)18-11-12-18/h5-8,14,16,18H,9-13,25H2,1-4H3/t23-/m1/s1. The van der Waals surface area contributed by atoms with E-state index >= 15 is 0 Å². The molecule has 162 valence electrons. The first-order chi connectivity index (χ1) is 14.1. The van der Waals surface area contributed by atoms with E-state index in [1.165, 1.54) is 12.8 Å². The lowest BCUT2D eigenvalue weighted by Gasteiger charge is -2.36. The van der Waals surface area contributed by atoms with E-state index in [-0.39, 0.29) is 17.5 Å². The molecule has 2 aliphatic rings. The summed E-state index contributed by atoms with van der Waals surface area (Å²) in [5, 5.41) is 9.11. The molecule has 0 spiro atoms. The first-order valence-corrected chi connectivity index (χ1v) is 11.6. The summed E-state index contributed by atoms with van der Waals surface area (Å²) in [6.07, 6.45) is 5.00. The number of nitrogens with zero attached hydrogens (tertiary/aromatic N) is 3. The Balaban J connectivity index is 1.64. The minimum Gasteiger partial charge on any atom is -0.461 e. The van der Waals surface area contributed by atoms with Gasteiger partial charge in [0.15, 0.2) is 4.60 Å². The zero-order valence-corrected chi connectivity index (χ0v) is 19.8. The van der Waals surface area contributed by atoms with Gasteiger partial charge in [0.25, 0.3) is 0 Å². The fourth-order valence-electron chi connectivity index (χ4n) is 4.21. The first-order valence-electron chi connectivity index (χ1n) is 10.8. The van der Waals surface area contributed by atoms with Crippen molar-refractivity contribution < 1.29 is 9.53 Å². The monoisotopic (exact) mass is 474 g/mol. The maximum absolute atomic E-state index is 13.1. The Hall–Kier alpha value is -1.73. The zero-order valence-electron chi connectivity index (χ0n) is 18.2. The lowest BCUT2D eigenvalue weighted by atomic mass is 9.72. The molecule has 30 heavy (non-hydrogen) atoms. The number of hydrogen-bond acceptors (Lipinski definition) is 5. The van der Waals surface area contributed by atoms with Gasteiger partial charge in [0.2, 0.25) is 0 Å². The highest BCUT2D eigenvalue weighted by molar-refractivity contribution is 9.10. The van der Waals surface area contributed by atoms with Crippen LogP contribution in [0, 0.1) is 11.3 Å². The summed E-state index contributed by atoms with van der Waals surface area (Å²) < 4.78 is 6.32. The first kappa shape index (κ1) is 21.5. The Morgan fingerprint density at radius 2 is 1.83 bits per heavy atom.